The molecule has 1 saturated carbocycles. The van der Waals surface area contributed by atoms with E-state index in [2.05, 4.69) is 34.2 Å². The van der Waals surface area contributed by atoms with Crippen molar-refractivity contribution in [3.05, 3.63) is 65.7 Å². The lowest BCUT2D eigenvalue weighted by Gasteiger charge is -2.26. The van der Waals surface area contributed by atoms with E-state index in [4.69, 9.17) is 30.8 Å². The fourth-order valence-corrected chi connectivity index (χ4v) is 5.56. The van der Waals surface area contributed by atoms with Crippen LogP contribution in [0.1, 0.15) is 12.8 Å². The number of halogens is 1. The Morgan fingerprint density at radius 3 is 2.49 bits per heavy atom. The van der Waals surface area contributed by atoms with Crippen molar-refractivity contribution >= 4 is 22.8 Å². The van der Waals surface area contributed by atoms with Gasteiger partial charge in [-0.3, -0.25) is 0 Å². The van der Waals surface area contributed by atoms with Crippen LogP contribution in [0.25, 0.3) is 33.5 Å². The number of nitrogens with one attached hydrogen (secondary N) is 1. The summed E-state index contributed by atoms with van der Waals surface area (Å²) in [5, 5.41) is 11.5. The van der Waals surface area contributed by atoms with E-state index in [1.807, 2.05) is 36.4 Å². The summed E-state index contributed by atoms with van der Waals surface area (Å²) < 4.78 is 17.9. The Kier molecular flexibility index (Phi) is 4.89. The second-order valence-electron chi connectivity index (χ2n) is 9.63. The zero-order valence-corrected chi connectivity index (χ0v) is 19.6. The van der Waals surface area contributed by atoms with Crippen molar-refractivity contribution in [2.75, 3.05) is 13.2 Å². The zero-order chi connectivity index (χ0) is 23.6. The molecule has 3 aliphatic rings. The fraction of sp³-hybridized carbons (Fsp3) is 0.333. The molecule has 178 valence electrons. The van der Waals surface area contributed by atoms with E-state index in [-0.39, 0.29) is 30.8 Å². The maximum Gasteiger partial charge on any atom is 0.296 e. The molecular weight excluding hydrogens is 466 g/mol. The minimum absolute atomic E-state index is 0.258. The van der Waals surface area contributed by atoms with Crippen LogP contribution in [0.4, 0.5) is 0 Å². The monoisotopic (exact) mass is 489 g/mol. The van der Waals surface area contributed by atoms with E-state index in [1.165, 1.54) is 0 Å². The Balaban J connectivity index is 1.12. The highest BCUT2D eigenvalue weighted by atomic mass is 35.5. The Morgan fingerprint density at radius 2 is 1.71 bits per heavy atom. The van der Waals surface area contributed by atoms with Crippen LogP contribution in [0.15, 0.2) is 60.7 Å². The number of hydrogen-bond acceptors (Lipinski definition) is 6. The largest absolute Gasteiger partial charge is 0.456 e. The van der Waals surface area contributed by atoms with Crippen LogP contribution in [-0.4, -0.2) is 57.2 Å². The maximum absolute atomic E-state index is 11.0. The summed E-state index contributed by atoms with van der Waals surface area (Å²) in [5.41, 5.74) is 4.15. The highest BCUT2D eigenvalue weighted by molar-refractivity contribution is 6.33. The van der Waals surface area contributed by atoms with Gasteiger partial charge in [0.15, 0.2) is 11.8 Å². The lowest BCUT2D eigenvalue weighted by Crippen LogP contribution is -2.46. The molecular formula is C27H24ClN3O4. The summed E-state index contributed by atoms with van der Waals surface area (Å²) in [7, 11) is 0. The quantitative estimate of drug-likeness (QED) is 0.425. The molecule has 35 heavy (non-hydrogen) atoms. The van der Waals surface area contributed by atoms with Gasteiger partial charge in [0.1, 0.15) is 17.8 Å². The van der Waals surface area contributed by atoms with Crippen LogP contribution in [0, 0.1) is 5.92 Å². The molecule has 0 amide bonds. The average molecular weight is 490 g/mol. The molecule has 8 heteroatoms. The average Bonchev–Trinajstić information content (AvgIpc) is 3.44. The number of nitrogens with zero attached hydrogens (tertiary/aromatic N) is 2. The van der Waals surface area contributed by atoms with Crippen molar-refractivity contribution in [2.24, 2.45) is 5.92 Å². The number of hydrogen-bond donors (Lipinski definition) is 2. The molecule has 7 rings (SSSR count). The second kappa shape index (κ2) is 8.03. The number of rotatable bonds is 5. The Hall–Kier alpha value is -2.97. The SMILES string of the molecule is O[C@]1(C2CC2)COC2C1OC[C@H]2Oc1nc2nc(-c3ccc(-c4ccccc4)cc3)c(Cl)cc2[nH]1. The number of aromatic amines is 1. The normalized spacial score (nSPS) is 27.9. The van der Waals surface area contributed by atoms with Crippen LogP contribution in [0.2, 0.25) is 5.02 Å². The Morgan fingerprint density at radius 1 is 0.971 bits per heavy atom. The minimum Gasteiger partial charge on any atom is -0.456 e. The molecule has 4 heterocycles. The first kappa shape index (κ1) is 21.3. The van der Waals surface area contributed by atoms with Gasteiger partial charge in [-0.1, -0.05) is 66.2 Å². The fourth-order valence-electron chi connectivity index (χ4n) is 5.30. The van der Waals surface area contributed by atoms with Crippen LogP contribution in [0.3, 0.4) is 0 Å². The number of H-pyrrole nitrogens is 1. The highest BCUT2D eigenvalue weighted by Crippen LogP contribution is 2.49. The van der Waals surface area contributed by atoms with Crippen LogP contribution >= 0.6 is 11.6 Å². The number of fused-ring (bicyclic) bond motifs is 2. The van der Waals surface area contributed by atoms with Crippen molar-refractivity contribution in [3.8, 4) is 28.4 Å². The highest BCUT2D eigenvalue weighted by Gasteiger charge is 2.62. The summed E-state index contributed by atoms with van der Waals surface area (Å²) in [6, 6.07) is 20.5. The third-order valence-corrected chi connectivity index (χ3v) is 7.61. The van der Waals surface area contributed by atoms with Gasteiger partial charge in [-0.15, -0.1) is 0 Å². The number of pyridine rings is 1. The molecule has 2 aromatic heterocycles. The smallest absolute Gasteiger partial charge is 0.296 e. The van der Waals surface area contributed by atoms with E-state index in [0.29, 0.717) is 34.5 Å². The van der Waals surface area contributed by atoms with Crippen molar-refractivity contribution in [1.29, 1.82) is 0 Å². The Bertz CT molecular complexity index is 1390. The zero-order valence-electron chi connectivity index (χ0n) is 18.9. The van der Waals surface area contributed by atoms with Gasteiger partial charge in [0.05, 0.1) is 29.4 Å². The summed E-state index contributed by atoms with van der Waals surface area (Å²) >= 11 is 6.60. The summed E-state index contributed by atoms with van der Waals surface area (Å²) in [6.07, 6.45) is 1.01. The molecule has 2 unspecified atom stereocenters. The van der Waals surface area contributed by atoms with E-state index in [9.17, 15) is 5.11 Å². The van der Waals surface area contributed by atoms with Gasteiger partial charge in [0.2, 0.25) is 0 Å². The lowest BCUT2D eigenvalue weighted by molar-refractivity contribution is -0.0821. The van der Waals surface area contributed by atoms with Crippen molar-refractivity contribution in [1.82, 2.24) is 15.0 Å². The van der Waals surface area contributed by atoms with Crippen molar-refractivity contribution < 1.29 is 19.3 Å². The van der Waals surface area contributed by atoms with E-state index >= 15 is 0 Å². The standard InChI is InChI=1S/C27H24ClN3O4/c28-19-12-20-25(30-22(19)17-8-6-16(7-9-17)15-4-2-1-3-5-15)31-26(29-20)35-21-13-33-24-23(21)34-14-27(24,32)18-10-11-18/h1-9,12,18,21,23-24,32H,10-11,13-14H2,(H,29,30,31)/t21-,23?,24?,27+/m1/s1. The van der Waals surface area contributed by atoms with Gasteiger partial charge >= 0.3 is 0 Å². The van der Waals surface area contributed by atoms with Gasteiger partial charge in [-0.2, -0.15) is 4.98 Å². The number of benzene rings is 2. The molecule has 4 atom stereocenters. The van der Waals surface area contributed by atoms with Gasteiger partial charge in [-0.25, -0.2) is 4.98 Å². The van der Waals surface area contributed by atoms with Crippen molar-refractivity contribution in [2.45, 2.75) is 36.8 Å². The van der Waals surface area contributed by atoms with E-state index in [0.717, 1.165) is 29.5 Å². The molecule has 1 aliphatic carbocycles. The topological polar surface area (TPSA) is 89.5 Å². The number of imidazole rings is 1. The summed E-state index contributed by atoms with van der Waals surface area (Å²) in [6.45, 7) is 0.630. The number of aliphatic hydroxyl groups is 1. The summed E-state index contributed by atoms with van der Waals surface area (Å²) in [4.78, 5) is 12.4. The van der Waals surface area contributed by atoms with Crippen LogP contribution < -0.4 is 4.74 Å². The van der Waals surface area contributed by atoms with Gasteiger partial charge in [0.25, 0.3) is 6.01 Å². The first-order valence-corrected chi connectivity index (χ1v) is 12.3. The minimum atomic E-state index is -0.906. The van der Waals surface area contributed by atoms with Gasteiger partial charge in [-0.05, 0) is 36.0 Å². The van der Waals surface area contributed by atoms with Gasteiger partial charge in [0, 0.05) is 5.56 Å². The van der Waals surface area contributed by atoms with Crippen molar-refractivity contribution in [3.63, 3.8) is 0 Å². The molecule has 7 nitrogen and oxygen atoms in total. The molecule has 2 aliphatic heterocycles. The molecule has 2 saturated heterocycles. The number of aromatic nitrogens is 3. The predicted molar refractivity (Wildman–Crippen MR) is 131 cm³/mol. The molecule has 2 aromatic carbocycles. The molecule has 4 aromatic rings. The first-order chi connectivity index (χ1) is 17.1. The molecule has 2 N–H and O–H groups in total. The van der Waals surface area contributed by atoms with Crippen LogP contribution in [0.5, 0.6) is 6.01 Å². The van der Waals surface area contributed by atoms with E-state index < -0.39 is 5.60 Å². The summed E-state index contributed by atoms with van der Waals surface area (Å²) in [5.74, 6) is 0.258. The van der Waals surface area contributed by atoms with Crippen LogP contribution in [-0.2, 0) is 9.47 Å². The maximum atomic E-state index is 11.0. The predicted octanol–water partition coefficient (Wildman–Crippen LogP) is 4.63. The van der Waals surface area contributed by atoms with E-state index in [1.54, 1.807) is 0 Å². The third kappa shape index (κ3) is 3.62. The Labute approximate surface area is 207 Å². The molecule has 0 bridgehead atoms. The second-order valence-corrected chi connectivity index (χ2v) is 10.0. The third-order valence-electron chi connectivity index (χ3n) is 7.32. The lowest BCUT2D eigenvalue weighted by atomic mass is 9.91. The molecule has 0 radical (unpaired) electrons. The first-order valence-electron chi connectivity index (χ1n) is 11.9. The molecule has 0 spiro atoms. The number of ether oxygens (including phenoxy) is 3. The molecule has 3 fully saturated rings. The van der Waals surface area contributed by atoms with Gasteiger partial charge < -0.3 is 24.3 Å².